The molecule has 2 bridgehead atoms. The van der Waals surface area contributed by atoms with Crippen molar-refractivity contribution in [1.29, 1.82) is 10.5 Å². The maximum absolute atomic E-state index is 14.6. The number of nitrogens with one attached hydrogen (secondary N) is 6. The summed E-state index contributed by atoms with van der Waals surface area (Å²) < 4.78 is 82.3. The minimum absolute atomic E-state index is 0.00458. The SMILES string of the molecule is CC(C)(C)C(NC(=O)C(F)(F)F)C(=O)N1CC2C(C1C(=O)NC(C#N)CC1C(=O)NC3CC1C3)C2(C)CCN1CCC(C(NC(=O)C(F)(F)F)C(=O)N2CC3C(C2C(=O)NC(C#N)CC2CCNC2=O)C3(C)C)CC1. The van der Waals surface area contributed by atoms with Crippen molar-refractivity contribution in [2.24, 2.45) is 63.6 Å². The summed E-state index contributed by atoms with van der Waals surface area (Å²) in [6.45, 7) is 11.4. The van der Waals surface area contributed by atoms with Gasteiger partial charge in [0, 0.05) is 37.5 Å². The minimum atomic E-state index is -5.34. The van der Waals surface area contributed by atoms with E-state index >= 15 is 0 Å². The number of carbonyl (C=O) groups is 8. The van der Waals surface area contributed by atoms with Gasteiger partial charge in [-0.1, -0.05) is 41.5 Å². The minimum Gasteiger partial charge on any atom is -0.356 e. The molecular weight excluding hydrogens is 997 g/mol. The maximum atomic E-state index is 14.6. The lowest BCUT2D eigenvalue weighted by molar-refractivity contribution is -0.176. The van der Waals surface area contributed by atoms with Crippen molar-refractivity contribution in [2.75, 3.05) is 39.3 Å². The average Bonchev–Trinajstić information content (AvgIpc) is 3.70. The van der Waals surface area contributed by atoms with Crippen LogP contribution in [0.2, 0.25) is 0 Å². The van der Waals surface area contributed by atoms with Gasteiger partial charge in [-0.15, -0.1) is 0 Å². The largest absolute Gasteiger partial charge is 0.471 e. The Hall–Kier alpha value is -5.72. The molecule has 0 aromatic heterocycles. The molecule has 9 aliphatic rings. The molecule has 3 saturated carbocycles. The van der Waals surface area contributed by atoms with Crippen LogP contribution in [-0.2, 0) is 38.4 Å². The van der Waals surface area contributed by atoms with Crippen LogP contribution in [0.5, 0.6) is 0 Å². The third-order valence-corrected chi connectivity index (χ3v) is 18.4. The molecule has 19 nitrogen and oxygen atoms in total. The fraction of sp³-hybridized carbons (Fsp3) is 0.800. The number of amides is 8. The van der Waals surface area contributed by atoms with Gasteiger partial charge in [0.1, 0.15) is 36.3 Å². The monoisotopic (exact) mass is 1060 g/mol. The van der Waals surface area contributed by atoms with Crippen molar-refractivity contribution in [3.8, 4) is 12.1 Å². The van der Waals surface area contributed by atoms with Gasteiger partial charge in [-0.25, -0.2) is 0 Å². The summed E-state index contributed by atoms with van der Waals surface area (Å²) in [5.41, 5.74) is -2.29. The second-order valence-electron chi connectivity index (χ2n) is 24.3. The van der Waals surface area contributed by atoms with Crippen LogP contribution < -0.4 is 31.9 Å². The van der Waals surface area contributed by atoms with Crippen LogP contribution in [0.15, 0.2) is 0 Å². The highest BCUT2D eigenvalue weighted by molar-refractivity contribution is 5.96. The zero-order valence-electron chi connectivity index (χ0n) is 42.8. The first-order valence-electron chi connectivity index (χ1n) is 26.0. The van der Waals surface area contributed by atoms with Crippen LogP contribution in [0, 0.1) is 86.3 Å². The molecule has 8 amide bonds. The zero-order valence-corrected chi connectivity index (χ0v) is 42.8. The molecule has 0 spiro atoms. The quantitative estimate of drug-likeness (QED) is 0.121. The van der Waals surface area contributed by atoms with Crippen LogP contribution in [-0.4, -0.2) is 156 Å². The van der Waals surface area contributed by atoms with Crippen LogP contribution >= 0.6 is 0 Å². The van der Waals surface area contributed by atoms with Crippen LogP contribution in [0.1, 0.15) is 92.9 Å². The number of likely N-dealkylation sites (tertiary alicyclic amines) is 3. The van der Waals surface area contributed by atoms with E-state index in [1.807, 2.05) is 42.4 Å². The Morgan fingerprint density at radius 2 is 1.28 bits per heavy atom. The normalized spacial score (nSPS) is 33.4. The van der Waals surface area contributed by atoms with E-state index in [-0.39, 0.29) is 93.4 Å². The van der Waals surface area contributed by atoms with E-state index in [9.17, 15) is 75.2 Å². The Morgan fingerprint density at radius 3 is 1.81 bits per heavy atom. The van der Waals surface area contributed by atoms with Gasteiger partial charge in [-0.05, 0) is 123 Å². The Kier molecular flexibility index (Phi) is 14.8. The van der Waals surface area contributed by atoms with Crippen molar-refractivity contribution in [2.45, 2.75) is 148 Å². The standard InChI is InChI=1S/C50H67F6N11O8/c1-46(2,3)37(64-45(75)50(54,55)56)43(73)67-22-31-33(36(67)41(71)62-28(20-58)18-29-25-16-26(17-25)60-39(29)69)48(31,6)10-14-65-12-8-23(9-13-65)34(63-44(74)49(51,52)53)42(72)66-21-30-32(47(30,4)5)35(66)40(70)61-27(19-57)15-24-7-11-59-38(24)68/h23-37H,7-18,21-22H2,1-6H3,(H,59,68)(H,60,69)(H,61,70)(H,62,71)(H,63,74)(H,64,75). The van der Waals surface area contributed by atoms with Gasteiger partial charge in [0.05, 0.1) is 12.1 Å². The van der Waals surface area contributed by atoms with E-state index in [4.69, 9.17) is 0 Å². The molecule has 13 unspecified atom stereocenters. The molecule has 9 fully saturated rings. The molecule has 6 N–H and O–H groups in total. The first-order valence-corrected chi connectivity index (χ1v) is 26.0. The predicted octanol–water partition coefficient (Wildman–Crippen LogP) is 1.63. The summed E-state index contributed by atoms with van der Waals surface area (Å²) >= 11 is 0. The molecule has 0 aromatic carbocycles. The molecule has 9 rings (SSSR count). The molecule has 13 atom stereocenters. The van der Waals surface area contributed by atoms with E-state index in [0.29, 0.717) is 25.9 Å². The van der Waals surface area contributed by atoms with E-state index in [1.54, 1.807) is 0 Å². The molecule has 3 aliphatic carbocycles. The van der Waals surface area contributed by atoms with Gasteiger partial charge >= 0.3 is 24.2 Å². The summed E-state index contributed by atoms with van der Waals surface area (Å²) in [7, 11) is 0. The number of alkyl halides is 6. The summed E-state index contributed by atoms with van der Waals surface area (Å²) in [6.07, 6.45) is -7.93. The number of fused-ring (bicyclic) bond motifs is 4. The number of piperidine rings is 5. The topological polar surface area (TPSA) is 266 Å². The van der Waals surface area contributed by atoms with E-state index < -0.39 is 124 Å². The van der Waals surface area contributed by atoms with E-state index in [1.165, 1.54) is 30.6 Å². The lowest BCUT2D eigenvalue weighted by atomic mass is 9.66. The van der Waals surface area contributed by atoms with Gasteiger partial charge < -0.3 is 46.6 Å². The number of rotatable bonds is 16. The molecule has 412 valence electrons. The Bertz CT molecular complexity index is 2420. The lowest BCUT2D eigenvalue weighted by Crippen LogP contribution is -2.61. The average molecular weight is 1060 g/mol. The molecule has 6 aliphatic heterocycles. The Morgan fingerprint density at radius 1 is 0.733 bits per heavy atom. The highest BCUT2D eigenvalue weighted by Crippen LogP contribution is 2.67. The highest BCUT2D eigenvalue weighted by Gasteiger charge is 2.72. The highest BCUT2D eigenvalue weighted by atomic mass is 19.4. The van der Waals surface area contributed by atoms with E-state index in [2.05, 4.69) is 27.3 Å². The van der Waals surface area contributed by atoms with Crippen molar-refractivity contribution in [3.63, 3.8) is 0 Å². The second kappa shape index (κ2) is 20.0. The fourth-order valence-electron chi connectivity index (χ4n) is 13.7. The number of nitriles is 2. The van der Waals surface area contributed by atoms with Gasteiger partial charge in [-0.3, -0.25) is 38.4 Å². The molecule has 0 radical (unpaired) electrons. The van der Waals surface area contributed by atoms with Crippen molar-refractivity contribution in [1.82, 2.24) is 46.6 Å². The summed E-state index contributed by atoms with van der Waals surface area (Å²) in [6, 6.07) is -3.89. The zero-order chi connectivity index (χ0) is 55.1. The van der Waals surface area contributed by atoms with Gasteiger partial charge in [-0.2, -0.15) is 36.9 Å². The van der Waals surface area contributed by atoms with Crippen molar-refractivity contribution >= 4 is 47.3 Å². The summed E-state index contributed by atoms with van der Waals surface area (Å²) in [5.74, 6) is -11.6. The first kappa shape index (κ1) is 55.5. The smallest absolute Gasteiger partial charge is 0.356 e. The van der Waals surface area contributed by atoms with Crippen molar-refractivity contribution < 1.29 is 64.7 Å². The second-order valence-corrected chi connectivity index (χ2v) is 24.3. The predicted molar refractivity (Wildman–Crippen MR) is 250 cm³/mol. The summed E-state index contributed by atoms with van der Waals surface area (Å²) in [5, 5.41) is 34.9. The molecular formula is C50H67F6N11O8. The molecule has 0 aromatic rings. The fourth-order valence-corrected chi connectivity index (χ4v) is 13.7. The molecule has 6 heterocycles. The van der Waals surface area contributed by atoms with Crippen LogP contribution in [0.25, 0.3) is 0 Å². The Labute approximate surface area is 430 Å². The first-order chi connectivity index (χ1) is 34.9. The number of hydrogen-bond acceptors (Lipinski definition) is 11. The Balaban J connectivity index is 0.948. The number of halogens is 6. The van der Waals surface area contributed by atoms with Gasteiger partial charge in [0.2, 0.25) is 35.4 Å². The van der Waals surface area contributed by atoms with Gasteiger partial charge in [0.25, 0.3) is 0 Å². The third kappa shape index (κ3) is 10.8. The lowest BCUT2D eigenvalue weighted by Gasteiger charge is -2.46. The van der Waals surface area contributed by atoms with Gasteiger partial charge in [0.15, 0.2) is 0 Å². The number of nitrogens with zero attached hydrogens (tertiary/aromatic N) is 5. The molecule has 25 heteroatoms. The van der Waals surface area contributed by atoms with Crippen LogP contribution in [0.4, 0.5) is 26.3 Å². The van der Waals surface area contributed by atoms with Crippen LogP contribution in [0.3, 0.4) is 0 Å². The number of carbonyl (C=O) groups excluding carboxylic acids is 8. The third-order valence-electron chi connectivity index (χ3n) is 18.4. The van der Waals surface area contributed by atoms with E-state index in [0.717, 1.165) is 12.8 Å². The van der Waals surface area contributed by atoms with Crippen molar-refractivity contribution in [3.05, 3.63) is 0 Å². The maximum Gasteiger partial charge on any atom is 0.471 e. The molecule has 75 heavy (non-hydrogen) atoms. The molecule has 6 saturated heterocycles. The summed E-state index contributed by atoms with van der Waals surface area (Å²) in [4.78, 5) is 112. The number of hydrogen-bond donors (Lipinski definition) is 6.